The number of phenolic OH excluding ortho intramolecular Hbond substituents is 2. The molecule has 0 radical (unpaired) electrons. The molecule has 0 heterocycles. The van der Waals surface area contributed by atoms with Crippen molar-refractivity contribution in [1.29, 1.82) is 0 Å². The first-order valence-electron chi connectivity index (χ1n) is 9.36. The van der Waals surface area contributed by atoms with Gasteiger partial charge in [-0.25, -0.2) is 0 Å². The van der Waals surface area contributed by atoms with Gasteiger partial charge in [-0.15, -0.1) is 0 Å². The maximum atomic E-state index is 9.47. The van der Waals surface area contributed by atoms with E-state index in [-0.39, 0.29) is 16.0 Å². The normalized spacial score (nSPS) is 10.6. The molecule has 0 unspecified atom stereocenters. The number of rotatable bonds is 4. The molecule has 0 saturated carbocycles. The highest BCUT2D eigenvalue weighted by Gasteiger charge is 2.11. The molecule has 0 bridgehead atoms. The summed E-state index contributed by atoms with van der Waals surface area (Å²) < 4.78 is 0.199. The van der Waals surface area contributed by atoms with E-state index in [1.807, 2.05) is 72.8 Å². The van der Waals surface area contributed by atoms with Crippen LogP contribution in [-0.4, -0.2) is 10.2 Å². The first kappa shape index (κ1) is 20.1. The van der Waals surface area contributed by atoms with Gasteiger partial charge >= 0.3 is 0 Å². The van der Waals surface area contributed by atoms with Crippen LogP contribution in [0.3, 0.4) is 0 Å². The maximum absolute atomic E-state index is 9.47. The summed E-state index contributed by atoms with van der Waals surface area (Å²) in [5.41, 5.74) is 6.68. The van der Waals surface area contributed by atoms with Crippen LogP contribution >= 0.6 is 23.2 Å². The minimum absolute atomic E-state index is 0.199. The van der Waals surface area contributed by atoms with Crippen LogP contribution in [0.25, 0.3) is 27.8 Å². The highest BCUT2D eigenvalue weighted by Crippen LogP contribution is 2.34. The Hall–Kier alpha value is -3.20. The summed E-state index contributed by atoms with van der Waals surface area (Å²) in [5.74, 6) is 0.482. The minimum Gasteiger partial charge on any atom is -0.508 e. The lowest BCUT2D eigenvalue weighted by Gasteiger charge is -2.11. The number of halogens is 2. The van der Waals surface area contributed by atoms with Crippen LogP contribution in [0, 0.1) is 0 Å². The fourth-order valence-electron chi connectivity index (χ4n) is 3.35. The van der Waals surface area contributed by atoms with Crippen molar-refractivity contribution in [2.75, 3.05) is 0 Å². The van der Waals surface area contributed by atoms with Crippen molar-refractivity contribution >= 4 is 28.8 Å². The Morgan fingerprint density at radius 3 is 0.967 bits per heavy atom. The number of phenols is 2. The quantitative estimate of drug-likeness (QED) is 0.347. The van der Waals surface area contributed by atoms with Gasteiger partial charge in [0.15, 0.2) is 0 Å². The molecule has 2 nitrogen and oxygen atoms in total. The number of aromatic hydroxyl groups is 2. The van der Waals surface area contributed by atoms with Crippen molar-refractivity contribution in [2.45, 2.75) is 0 Å². The molecule has 4 aromatic rings. The van der Waals surface area contributed by atoms with E-state index in [2.05, 4.69) is 0 Å². The third kappa shape index (κ3) is 4.35. The Bertz CT molecular complexity index is 1080. The minimum atomic E-state index is 0.199. The zero-order valence-corrected chi connectivity index (χ0v) is 17.4. The second kappa shape index (κ2) is 8.66. The summed E-state index contributed by atoms with van der Waals surface area (Å²) in [6.07, 6.45) is 0. The second-order valence-corrected chi connectivity index (χ2v) is 7.83. The van der Waals surface area contributed by atoms with Gasteiger partial charge < -0.3 is 10.2 Å². The standard InChI is InChI=1S/C26H18Cl2O2/c27-26(28)25(21-5-1-17(2-6-21)19-9-13-23(29)14-10-19)22-7-3-18(4-8-22)20-11-15-24(30)16-12-20/h1-16,29-30H. The molecule has 2 N–H and O–H groups in total. The predicted octanol–water partition coefficient (Wildman–Crippen LogP) is 7.63. The summed E-state index contributed by atoms with van der Waals surface area (Å²) in [6.45, 7) is 0. The zero-order valence-electron chi connectivity index (χ0n) is 15.9. The molecule has 0 fully saturated rings. The molecule has 4 aromatic carbocycles. The van der Waals surface area contributed by atoms with E-state index in [9.17, 15) is 10.2 Å². The number of hydrogen-bond donors (Lipinski definition) is 2. The van der Waals surface area contributed by atoms with Crippen molar-refractivity contribution in [3.8, 4) is 33.8 Å². The molecule has 0 atom stereocenters. The van der Waals surface area contributed by atoms with Crippen molar-refractivity contribution < 1.29 is 10.2 Å². The molecule has 4 heteroatoms. The molecule has 30 heavy (non-hydrogen) atoms. The molecule has 4 rings (SSSR count). The van der Waals surface area contributed by atoms with Gasteiger partial charge in [0.2, 0.25) is 0 Å². The van der Waals surface area contributed by atoms with Gasteiger partial charge in [0.05, 0.1) is 0 Å². The molecular formula is C26H18Cl2O2. The molecule has 0 amide bonds. The van der Waals surface area contributed by atoms with Crippen LogP contribution in [0.1, 0.15) is 11.1 Å². The Balaban J connectivity index is 1.63. The number of benzene rings is 4. The molecule has 0 aliphatic rings. The smallest absolute Gasteiger partial charge is 0.115 e. The van der Waals surface area contributed by atoms with Crippen LogP contribution in [0.2, 0.25) is 0 Å². The molecule has 0 saturated heterocycles. The van der Waals surface area contributed by atoms with Crippen LogP contribution in [0.5, 0.6) is 11.5 Å². The zero-order chi connectivity index (χ0) is 21.1. The summed E-state index contributed by atoms with van der Waals surface area (Å²) in [4.78, 5) is 0. The van der Waals surface area contributed by atoms with Gasteiger partial charge in [-0.05, 0) is 57.6 Å². The van der Waals surface area contributed by atoms with E-state index >= 15 is 0 Å². The predicted molar refractivity (Wildman–Crippen MR) is 125 cm³/mol. The van der Waals surface area contributed by atoms with Crippen molar-refractivity contribution in [1.82, 2.24) is 0 Å². The third-order valence-electron chi connectivity index (χ3n) is 4.94. The van der Waals surface area contributed by atoms with Crippen molar-refractivity contribution in [3.63, 3.8) is 0 Å². The highest BCUT2D eigenvalue weighted by atomic mass is 35.5. The lowest BCUT2D eigenvalue weighted by atomic mass is 9.95. The number of hydrogen-bond acceptors (Lipinski definition) is 2. The van der Waals surface area contributed by atoms with E-state index in [0.717, 1.165) is 39.0 Å². The first-order chi connectivity index (χ1) is 14.5. The van der Waals surface area contributed by atoms with Crippen LogP contribution in [0.15, 0.2) is 102 Å². The van der Waals surface area contributed by atoms with Crippen LogP contribution in [0.4, 0.5) is 0 Å². The van der Waals surface area contributed by atoms with E-state index in [0.29, 0.717) is 0 Å². The molecule has 0 aromatic heterocycles. The van der Waals surface area contributed by atoms with E-state index in [4.69, 9.17) is 23.2 Å². The molecule has 0 aliphatic carbocycles. The molecule has 148 valence electrons. The molecular weight excluding hydrogens is 415 g/mol. The Kier molecular flexibility index (Phi) is 5.80. The Morgan fingerprint density at radius 2 is 0.700 bits per heavy atom. The lowest BCUT2D eigenvalue weighted by molar-refractivity contribution is 0.475. The van der Waals surface area contributed by atoms with Crippen LogP contribution in [-0.2, 0) is 0 Å². The summed E-state index contributed by atoms with van der Waals surface area (Å²) in [7, 11) is 0. The largest absolute Gasteiger partial charge is 0.508 e. The van der Waals surface area contributed by atoms with E-state index in [1.165, 1.54) is 0 Å². The molecule has 0 spiro atoms. The summed E-state index contributed by atoms with van der Waals surface area (Å²) >= 11 is 12.5. The maximum Gasteiger partial charge on any atom is 0.115 e. The Morgan fingerprint density at radius 1 is 0.433 bits per heavy atom. The molecule has 0 aliphatic heterocycles. The fraction of sp³-hybridized carbons (Fsp3) is 0. The van der Waals surface area contributed by atoms with Crippen LogP contribution < -0.4 is 0 Å². The van der Waals surface area contributed by atoms with Crippen molar-refractivity contribution in [3.05, 3.63) is 113 Å². The van der Waals surface area contributed by atoms with Gasteiger partial charge in [0.25, 0.3) is 0 Å². The third-order valence-corrected chi connectivity index (χ3v) is 5.32. The van der Waals surface area contributed by atoms with Gasteiger partial charge in [0.1, 0.15) is 16.0 Å². The summed E-state index contributed by atoms with van der Waals surface area (Å²) in [6, 6.07) is 30.1. The Labute approximate surface area is 185 Å². The fourth-order valence-corrected chi connectivity index (χ4v) is 3.79. The van der Waals surface area contributed by atoms with Gasteiger partial charge in [0, 0.05) is 5.57 Å². The average molecular weight is 433 g/mol. The highest BCUT2D eigenvalue weighted by molar-refractivity contribution is 6.59. The second-order valence-electron chi connectivity index (χ2n) is 6.88. The van der Waals surface area contributed by atoms with E-state index < -0.39 is 0 Å². The van der Waals surface area contributed by atoms with Gasteiger partial charge in [-0.2, -0.15) is 0 Å². The monoisotopic (exact) mass is 432 g/mol. The lowest BCUT2D eigenvalue weighted by Crippen LogP contribution is -1.90. The first-order valence-corrected chi connectivity index (χ1v) is 10.1. The van der Waals surface area contributed by atoms with E-state index in [1.54, 1.807) is 24.3 Å². The topological polar surface area (TPSA) is 40.5 Å². The summed E-state index contributed by atoms with van der Waals surface area (Å²) in [5, 5.41) is 18.9. The SMILES string of the molecule is Oc1ccc(-c2ccc(C(=C(Cl)Cl)c3ccc(-c4ccc(O)cc4)cc3)cc2)cc1. The van der Waals surface area contributed by atoms with Gasteiger partial charge in [-0.3, -0.25) is 0 Å². The van der Waals surface area contributed by atoms with Crippen molar-refractivity contribution in [2.24, 2.45) is 0 Å². The van der Waals surface area contributed by atoms with Gasteiger partial charge in [-0.1, -0.05) is 96.0 Å². The average Bonchev–Trinajstić information content (AvgIpc) is 2.76.